The van der Waals surface area contributed by atoms with Crippen molar-refractivity contribution in [2.45, 2.75) is 32.7 Å². The van der Waals surface area contributed by atoms with Gasteiger partial charge in [0, 0.05) is 18.2 Å². The highest BCUT2D eigenvalue weighted by atomic mass is 35.5. The lowest BCUT2D eigenvalue weighted by Crippen LogP contribution is -2.37. The molecule has 1 rings (SSSR count). The number of amides is 1. The molecule has 5 nitrogen and oxygen atoms in total. The predicted molar refractivity (Wildman–Crippen MR) is 84.4 cm³/mol. The van der Waals surface area contributed by atoms with Crippen molar-refractivity contribution in [1.82, 2.24) is 5.32 Å². The maximum atomic E-state index is 12.1. The maximum absolute atomic E-state index is 12.1. The molecule has 0 aliphatic carbocycles. The number of unbranched alkanes of at least 4 members (excludes halogenated alkanes) is 1. The number of hydrogen-bond acceptors (Lipinski definition) is 4. The molecule has 1 atom stereocenters. The third-order valence-corrected chi connectivity index (χ3v) is 3.25. The standard InChI is InChI=1S/C15H23ClN2O3/c1-4-5-6-21-14-12(16)7-11(8-13(14)20-3)15(19)18-10(2)9-17/h7-8,10H,4-6,9,17H2,1-3H3,(H,18,19)/t10-/m0/s1. The molecule has 0 heterocycles. The summed E-state index contributed by atoms with van der Waals surface area (Å²) >= 11 is 6.20. The zero-order chi connectivity index (χ0) is 15.8. The lowest BCUT2D eigenvalue weighted by molar-refractivity contribution is 0.0941. The summed E-state index contributed by atoms with van der Waals surface area (Å²) in [4.78, 5) is 12.1. The van der Waals surface area contributed by atoms with Crippen LogP contribution in [0, 0.1) is 0 Å². The minimum absolute atomic E-state index is 0.109. The van der Waals surface area contributed by atoms with Gasteiger partial charge < -0.3 is 20.5 Å². The van der Waals surface area contributed by atoms with Gasteiger partial charge in [-0.25, -0.2) is 0 Å². The Morgan fingerprint density at radius 3 is 2.76 bits per heavy atom. The molecule has 0 aliphatic rings. The van der Waals surface area contributed by atoms with Crippen LogP contribution in [0.25, 0.3) is 0 Å². The summed E-state index contributed by atoms with van der Waals surface area (Å²) < 4.78 is 10.9. The minimum Gasteiger partial charge on any atom is -0.493 e. The van der Waals surface area contributed by atoms with E-state index in [1.807, 2.05) is 6.92 Å². The van der Waals surface area contributed by atoms with Crippen LogP contribution < -0.4 is 20.5 Å². The van der Waals surface area contributed by atoms with E-state index < -0.39 is 0 Å². The van der Waals surface area contributed by atoms with Crippen LogP contribution in [0.2, 0.25) is 5.02 Å². The molecule has 21 heavy (non-hydrogen) atoms. The van der Waals surface area contributed by atoms with Crippen LogP contribution in [0.5, 0.6) is 11.5 Å². The number of rotatable bonds is 8. The Balaban J connectivity index is 2.94. The molecule has 0 saturated heterocycles. The van der Waals surface area contributed by atoms with Gasteiger partial charge in [-0.2, -0.15) is 0 Å². The fourth-order valence-electron chi connectivity index (χ4n) is 1.68. The van der Waals surface area contributed by atoms with Crippen molar-refractivity contribution in [2.75, 3.05) is 20.3 Å². The number of hydrogen-bond donors (Lipinski definition) is 2. The van der Waals surface area contributed by atoms with Gasteiger partial charge in [-0.15, -0.1) is 0 Å². The maximum Gasteiger partial charge on any atom is 0.251 e. The first kappa shape index (κ1) is 17.6. The lowest BCUT2D eigenvalue weighted by atomic mass is 10.1. The molecular formula is C15H23ClN2O3. The number of carbonyl (C=O) groups is 1. The van der Waals surface area contributed by atoms with Gasteiger partial charge in [-0.1, -0.05) is 24.9 Å². The van der Waals surface area contributed by atoms with Crippen LogP contribution >= 0.6 is 11.6 Å². The molecule has 0 spiro atoms. The number of ether oxygens (including phenoxy) is 2. The number of benzene rings is 1. The highest BCUT2D eigenvalue weighted by molar-refractivity contribution is 6.32. The van der Waals surface area contributed by atoms with Gasteiger partial charge >= 0.3 is 0 Å². The van der Waals surface area contributed by atoms with Crippen molar-refractivity contribution in [3.8, 4) is 11.5 Å². The molecule has 0 bridgehead atoms. The number of nitrogens with two attached hydrogens (primary N) is 1. The van der Waals surface area contributed by atoms with E-state index in [0.29, 0.717) is 35.2 Å². The second-order valence-corrected chi connectivity index (χ2v) is 5.21. The fourth-order valence-corrected chi connectivity index (χ4v) is 1.94. The number of halogens is 1. The second-order valence-electron chi connectivity index (χ2n) is 4.80. The number of nitrogens with one attached hydrogen (secondary N) is 1. The van der Waals surface area contributed by atoms with E-state index in [1.54, 1.807) is 12.1 Å². The van der Waals surface area contributed by atoms with Crippen molar-refractivity contribution in [3.05, 3.63) is 22.7 Å². The average Bonchev–Trinajstić information content (AvgIpc) is 2.48. The molecule has 0 aromatic heterocycles. The van der Waals surface area contributed by atoms with Crippen molar-refractivity contribution in [1.29, 1.82) is 0 Å². The minimum atomic E-state index is -0.242. The smallest absolute Gasteiger partial charge is 0.251 e. The van der Waals surface area contributed by atoms with E-state index in [-0.39, 0.29) is 11.9 Å². The lowest BCUT2D eigenvalue weighted by Gasteiger charge is -2.15. The Bertz CT molecular complexity index is 480. The summed E-state index contributed by atoms with van der Waals surface area (Å²) in [7, 11) is 1.52. The first-order valence-corrected chi connectivity index (χ1v) is 7.42. The van der Waals surface area contributed by atoms with Gasteiger partial charge in [0.25, 0.3) is 5.91 Å². The molecule has 0 aliphatic heterocycles. The summed E-state index contributed by atoms with van der Waals surface area (Å²) in [5.41, 5.74) is 5.91. The van der Waals surface area contributed by atoms with Gasteiger partial charge in [0.1, 0.15) is 0 Å². The Morgan fingerprint density at radius 1 is 1.48 bits per heavy atom. The number of methoxy groups -OCH3 is 1. The molecule has 1 aromatic rings. The van der Waals surface area contributed by atoms with E-state index in [9.17, 15) is 4.79 Å². The third kappa shape index (κ3) is 5.10. The van der Waals surface area contributed by atoms with Crippen LogP contribution in [0.4, 0.5) is 0 Å². The largest absolute Gasteiger partial charge is 0.493 e. The van der Waals surface area contributed by atoms with Gasteiger partial charge in [0.05, 0.1) is 18.7 Å². The van der Waals surface area contributed by atoms with E-state index in [1.165, 1.54) is 7.11 Å². The van der Waals surface area contributed by atoms with Crippen molar-refractivity contribution < 1.29 is 14.3 Å². The van der Waals surface area contributed by atoms with Crippen molar-refractivity contribution >= 4 is 17.5 Å². The predicted octanol–water partition coefficient (Wildman–Crippen LogP) is 2.60. The highest BCUT2D eigenvalue weighted by Gasteiger charge is 2.16. The van der Waals surface area contributed by atoms with E-state index in [2.05, 4.69) is 12.2 Å². The second kappa shape index (κ2) is 8.74. The average molecular weight is 315 g/mol. The van der Waals surface area contributed by atoms with Crippen molar-refractivity contribution in [2.24, 2.45) is 5.73 Å². The Hall–Kier alpha value is -1.46. The third-order valence-electron chi connectivity index (χ3n) is 2.97. The fraction of sp³-hybridized carbons (Fsp3) is 0.533. The Labute approximate surface area is 130 Å². The van der Waals surface area contributed by atoms with Crippen LogP contribution in [0.15, 0.2) is 12.1 Å². The summed E-state index contributed by atoms with van der Waals surface area (Å²) in [6, 6.07) is 3.08. The first-order chi connectivity index (χ1) is 10.0. The molecular weight excluding hydrogens is 292 g/mol. The summed E-state index contributed by atoms with van der Waals surface area (Å²) in [5, 5.41) is 3.13. The summed E-state index contributed by atoms with van der Waals surface area (Å²) in [6.45, 7) is 4.84. The quantitative estimate of drug-likeness (QED) is 0.723. The SMILES string of the molecule is CCCCOc1c(Cl)cc(C(=O)N[C@@H](C)CN)cc1OC. The van der Waals surface area contributed by atoms with Crippen LogP contribution in [0.3, 0.4) is 0 Å². The van der Waals surface area contributed by atoms with E-state index in [0.717, 1.165) is 12.8 Å². The van der Waals surface area contributed by atoms with Gasteiger partial charge in [-0.3, -0.25) is 4.79 Å². The summed E-state index contributed by atoms with van der Waals surface area (Å²) in [5.74, 6) is 0.674. The Morgan fingerprint density at radius 2 is 2.19 bits per heavy atom. The molecule has 0 radical (unpaired) electrons. The van der Waals surface area contributed by atoms with E-state index in [4.69, 9.17) is 26.8 Å². The van der Waals surface area contributed by atoms with Gasteiger partial charge in [-0.05, 0) is 25.5 Å². The molecule has 0 saturated carbocycles. The van der Waals surface area contributed by atoms with Crippen LogP contribution in [-0.4, -0.2) is 32.2 Å². The normalized spacial score (nSPS) is 11.9. The van der Waals surface area contributed by atoms with Gasteiger partial charge in [0.15, 0.2) is 11.5 Å². The molecule has 3 N–H and O–H groups in total. The topological polar surface area (TPSA) is 73.6 Å². The van der Waals surface area contributed by atoms with Crippen LogP contribution in [0.1, 0.15) is 37.0 Å². The Kier molecular flexibility index (Phi) is 7.32. The highest BCUT2D eigenvalue weighted by Crippen LogP contribution is 2.36. The zero-order valence-electron chi connectivity index (χ0n) is 12.7. The molecule has 0 fully saturated rings. The first-order valence-electron chi connectivity index (χ1n) is 7.04. The number of carbonyl (C=O) groups excluding carboxylic acids is 1. The molecule has 0 unspecified atom stereocenters. The molecule has 118 valence electrons. The van der Waals surface area contributed by atoms with Crippen molar-refractivity contribution in [3.63, 3.8) is 0 Å². The molecule has 1 aromatic carbocycles. The zero-order valence-corrected chi connectivity index (χ0v) is 13.5. The summed E-state index contributed by atoms with van der Waals surface area (Å²) in [6.07, 6.45) is 1.95. The monoisotopic (exact) mass is 314 g/mol. The van der Waals surface area contributed by atoms with Gasteiger partial charge in [0.2, 0.25) is 0 Å². The van der Waals surface area contributed by atoms with Crippen LogP contribution in [-0.2, 0) is 0 Å². The molecule has 6 heteroatoms. The van der Waals surface area contributed by atoms with E-state index >= 15 is 0 Å². The molecule has 1 amide bonds.